The summed E-state index contributed by atoms with van der Waals surface area (Å²) in [6, 6.07) is 5.07. The molecule has 0 amide bonds. The summed E-state index contributed by atoms with van der Waals surface area (Å²) in [4.78, 5) is 11.1. The molecular formula is C15H18O4. The van der Waals surface area contributed by atoms with E-state index in [9.17, 15) is 4.79 Å². The molecule has 0 aliphatic rings. The molecule has 1 aromatic rings. The molecule has 4 nitrogen and oxygen atoms in total. The molecule has 1 rings (SSSR count). The van der Waals surface area contributed by atoms with Crippen molar-refractivity contribution in [2.24, 2.45) is 0 Å². The Labute approximate surface area is 113 Å². The first-order valence-corrected chi connectivity index (χ1v) is 5.90. The Morgan fingerprint density at radius 1 is 1.05 bits per heavy atom. The fourth-order valence-corrected chi connectivity index (χ4v) is 1.57. The van der Waals surface area contributed by atoms with Crippen molar-refractivity contribution in [3.05, 3.63) is 60.2 Å². The van der Waals surface area contributed by atoms with Crippen LogP contribution in [0.2, 0.25) is 0 Å². The lowest BCUT2D eigenvalue weighted by molar-refractivity contribution is 0.0696. The molecule has 0 aromatic heterocycles. The van der Waals surface area contributed by atoms with E-state index in [0.717, 1.165) is 11.1 Å². The molecule has 0 heterocycles. The Morgan fingerprint density at radius 2 is 1.53 bits per heavy atom. The van der Waals surface area contributed by atoms with Crippen molar-refractivity contribution in [3.63, 3.8) is 0 Å². The summed E-state index contributed by atoms with van der Waals surface area (Å²) in [5.41, 5.74) is 1.84. The van der Waals surface area contributed by atoms with Crippen LogP contribution in [0.3, 0.4) is 0 Å². The van der Waals surface area contributed by atoms with Crippen LogP contribution in [-0.4, -0.2) is 24.3 Å². The predicted molar refractivity (Wildman–Crippen MR) is 73.1 cm³/mol. The highest BCUT2D eigenvalue weighted by Gasteiger charge is 2.07. The highest BCUT2D eigenvalue weighted by Crippen LogP contribution is 2.13. The van der Waals surface area contributed by atoms with E-state index < -0.39 is 5.97 Å². The van der Waals surface area contributed by atoms with Crippen molar-refractivity contribution in [2.45, 2.75) is 13.2 Å². The van der Waals surface area contributed by atoms with Crippen molar-refractivity contribution >= 4 is 5.97 Å². The zero-order valence-corrected chi connectivity index (χ0v) is 10.8. The van der Waals surface area contributed by atoms with Crippen molar-refractivity contribution in [1.82, 2.24) is 0 Å². The molecule has 102 valence electrons. The third-order valence-corrected chi connectivity index (χ3v) is 2.31. The monoisotopic (exact) mass is 262 g/mol. The number of aromatic carboxylic acids is 1. The minimum Gasteiger partial charge on any atom is -0.478 e. The number of ether oxygens (including phenoxy) is 2. The maximum Gasteiger partial charge on any atom is 0.335 e. The van der Waals surface area contributed by atoms with Gasteiger partial charge < -0.3 is 14.6 Å². The van der Waals surface area contributed by atoms with Crippen LogP contribution >= 0.6 is 0 Å². The van der Waals surface area contributed by atoms with Gasteiger partial charge in [0.2, 0.25) is 0 Å². The number of rotatable bonds is 9. The normalized spacial score (nSPS) is 10.1. The van der Waals surface area contributed by atoms with Crippen molar-refractivity contribution < 1.29 is 19.4 Å². The van der Waals surface area contributed by atoms with Crippen molar-refractivity contribution in [1.29, 1.82) is 0 Å². The van der Waals surface area contributed by atoms with Gasteiger partial charge in [-0.1, -0.05) is 18.2 Å². The number of carboxylic acid groups (broad SMARTS) is 1. The molecule has 0 saturated carbocycles. The van der Waals surface area contributed by atoms with E-state index in [0.29, 0.717) is 26.4 Å². The standard InChI is InChI=1S/C15H18O4/c1-3-5-18-10-12-7-13(11-19-6-4-2)9-14(8-12)15(16)17/h3-4,7-9H,1-2,5-6,10-11H2,(H,16,17). The Hall–Kier alpha value is -1.91. The molecule has 0 aliphatic heterocycles. The van der Waals surface area contributed by atoms with E-state index in [1.54, 1.807) is 24.3 Å². The van der Waals surface area contributed by atoms with E-state index in [1.807, 2.05) is 6.07 Å². The SMILES string of the molecule is C=CCOCc1cc(COCC=C)cc(C(=O)O)c1. The minimum atomic E-state index is -0.962. The largest absolute Gasteiger partial charge is 0.478 e. The molecular weight excluding hydrogens is 244 g/mol. The number of carbonyl (C=O) groups is 1. The van der Waals surface area contributed by atoms with Crippen LogP contribution in [0.15, 0.2) is 43.5 Å². The van der Waals surface area contributed by atoms with E-state index in [2.05, 4.69) is 13.2 Å². The fraction of sp³-hybridized carbons (Fsp3) is 0.267. The topological polar surface area (TPSA) is 55.8 Å². The molecule has 0 spiro atoms. The first-order chi connectivity index (χ1) is 9.17. The van der Waals surface area contributed by atoms with Crippen LogP contribution in [0.5, 0.6) is 0 Å². The maximum atomic E-state index is 11.1. The molecule has 19 heavy (non-hydrogen) atoms. The summed E-state index contributed by atoms with van der Waals surface area (Å²) in [5, 5.41) is 9.06. The van der Waals surface area contributed by atoms with Gasteiger partial charge in [-0.15, -0.1) is 13.2 Å². The highest BCUT2D eigenvalue weighted by atomic mass is 16.5. The van der Waals surface area contributed by atoms with Gasteiger partial charge in [0.15, 0.2) is 0 Å². The van der Waals surface area contributed by atoms with Gasteiger partial charge >= 0.3 is 5.97 Å². The molecule has 0 saturated heterocycles. The predicted octanol–water partition coefficient (Wildman–Crippen LogP) is 2.79. The molecule has 4 heteroatoms. The van der Waals surface area contributed by atoms with Crippen LogP contribution in [0.1, 0.15) is 21.5 Å². The number of benzene rings is 1. The smallest absolute Gasteiger partial charge is 0.335 e. The van der Waals surface area contributed by atoms with Crippen molar-refractivity contribution in [3.8, 4) is 0 Å². The second-order valence-electron chi connectivity index (χ2n) is 3.95. The summed E-state index contributed by atoms with van der Waals surface area (Å²) >= 11 is 0. The molecule has 0 aliphatic carbocycles. The summed E-state index contributed by atoms with van der Waals surface area (Å²) in [6.45, 7) is 8.67. The number of carboxylic acids is 1. The quantitative estimate of drug-likeness (QED) is 0.549. The number of hydrogen-bond acceptors (Lipinski definition) is 3. The summed E-state index contributed by atoms with van der Waals surface area (Å²) < 4.78 is 10.6. The minimum absolute atomic E-state index is 0.233. The van der Waals surface area contributed by atoms with E-state index in [1.165, 1.54) is 0 Å². The second-order valence-corrected chi connectivity index (χ2v) is 3.95. The lowest BCUT2D eigenvalue weighted by Crippen LogP contribution is -2.03. The third-order valence-electron chi connectivity index (χ3n) is 2.31. The highest BCUT2D eigenvalue weighted by molar-refractivity contribution is 5.88. The van der Waals surface area contributed by atoms with E-state index in [-0.39, 0.29) is 5.56 Å². The first-order valence-electron chi connectivity index (χ1n) is 5.90. The van der Waals surface area contributed by atoms with Gasteiger partial charge in [-0.25, -0.2) is 4.79 Å². The molecule has 0 atom stereocenters. The van der Waals surface area contributed by atoms with E-state index >= 15 is 0 Å². The molecule has 0 fully saturated rings. The first kappa shape index (κ1) is 15.1. The van der Waals surface area contributed by atoms with Gasteiger partial charge in [-0.3, -0.25) is 0 Å². The Balaban J connectivity index is 2.80. The molecule has 0 bridgehead atoms. The van der Waals surface area contributed by atoms with Gasteiger partial charge in [0.05, 0.1) is 32.0 Å². The van der Waals surface area contributed by atoms with Gasteiger partial charge in [0.25, 0.3) is 0 Å². The zero-order chi connectivity index (χ0) is 14.1. The Bertz CT molecular complexity index is 419. The van der Waals surface area contributed by atoms with Gasteiger partial charge in [0, 0.05) is 0 Å². The summed E-state index contributed by atoms with van der Waals surface area (Å²) in [7, 11) is 0. The Morgan fingerprint density at radius 3 is 1.89 bits per heavy atom. The summed E-state index contributed by atoms with van der Waals surface area (Å²) in [6.07, 6.45) is 3.30. The van der Waals surface area contributed by atoms with Crippen LogP contribution < -0.4 is 0 Å². The van der Waals surface area contributed by atoms with Crippen LogP contribution in [0.4, 0.5) is 0 Å². The summed E-state index contributed by atoms with van der Waals surface area (Å²) in [5.74, 6) is -0.962. The van der Waals surface area contributed by atoms with Gasteiger partial charge in [-0.2, -0.15) is 0 Å². The fourth-order valence-electron chi connectivity index (χ4n) is 1.57. The van der Waals surface area contributed by atoms with Crippen LogP contribution in [-0.2, 0) is 22.7 Å². The second kappa shape index (κ2) is 8.24. The van der Waals surface area contributed by atoms with Gasteiger partial charge in [0.1, 0.15) is 0 Å². The molecule has 0 unspecified atom stereocenters. The molecule has 1 aromatic carbocycles. The average Bonchev–Trinajstić information content (AvgIpc) is 2.39. The lowest BCUT2D eigenvalue weighted by atomic mass is 10.1. The molecule has 0 radical (unpaired) electrons. The lowest BCUT2D eigenvalue weighted by Gasteiger charge is -2.08. The van der Waals surface area contributed by atoms with Crippen molar-refractivity contribution in [2.75, 3.05) is 13.2 Å². The Kier molecular flexibility index (Phi) is 6.57. The third kappa shape index (κ3) is 5.50. The van der Waals surface area contributed by atoms with Crippen LogP contribution in [0.25, 0.3) is 0 Å². The molecule has 1 N–H and O–H groups in total. The van der Waals surface area contributed by atoms with E-state index in [4.69, 9.17) is 14.6 Å². The maximum absolute atomic E-state index is 11.1. The zero-order valence-electron chi connectivity index (χ0n) is 10.8. The average molecular weight is 262 g/mol. The number of hydrogen-bond donors (Lipinski definition) is 1. The van der Waals surface area contributed by atoms with Gasteiger partial charge in [-0.05, 0) is 23.3 Å². The van der Waals surface area contributed by atoms with Crippen LogP contribution in [0, 0.1) is 0 Å².